The van der Waals surface area contributed by atoms with Crippen LogP contribution >= 0.6 is 0 Å². The summed E-state index contributed by atoms with van der Waals surface area (Å²) in [6.45, 7) is 4.42. The number of amides is 1. The van der Waals surface area contributed by atoms with E-state index in [-0.39, 0.29) is 18.4 Å². The number of carbonyl (C=O) groups excluding carboxylic acids is 1. The number of carbonyl (C=O) groups is 1. The minimum atomic E-state index is -0.931. The fraction of sp³-hybridized carbons (Fsp3) is 0.900. The minimum Gasteiger partial charge on any atom is -0.388 e. The molecule has 0 saturated carbocycles. The molecule has 5 heteroatoms. The molecule has 0 saturated heterocycles. The van der Waals surface area contributed by atoms with Gasteiger partial charge >= 0.3 is 0 Å². The molecule has 0 spiro atoms. The number of rotatable bonds is 7. The molecule has 4 N–H and O–H groups in total. The van der Waals surface area contributed by atoms with Gasteiger partial charge in [-0.05, 0) is 6.92 Å². The van der Waals surface area contributed by atoms with Crippen molar-refractivity contribution in [3.63, 3.8) is 0 Å². The predicted molar refractivity (Wildman–Crippen MR) is 58.3 cm³/mol. The summed E-state index contributed by atoms with van der Waals surface area (Å²) in [5.74, 6) is -0.349. The lowest BCUT2D eigenvalue weighted by Gasteiger charge is -2.24. The summed E-state index contributed by atoms with van der Waals surface area (Å²) in [6.07, 6.45) is 0.487. The summed E-state index contributed by atoms with van der Waals surface area (Å²) in [7, 11) is 1.57. The second-order valence-electron chi connectivity index (χ2n) is 4.09. The number of methoxy groups -OCH3 is 1. The molecule has 0 fully saturated rings. The van der Waals surface area contributed by atoms with Crippen molar-refractivity contribution < 1.29 is 14.6 Å². The van der Waals surface area contributed by atoms with Crippen LogP contribution in [0.15, 0.2) is 0 Å². The standard InChI is InChI=1S/C10H22N2O3/c1-8(6-11)9(13)12-7-10(2,14)4-5-15-3/h8,14H,4-7,11H2,1-3H3,(H,12,13). The second-order valence-corrected chi connectivity index (χ2v) is 4.09. The number of ether oxygens (including phenoxy) is 1. The number of nitrogens with one attached hydrogen (secondary N) is 1. The SMILES string of the molecule is COCCC(C)(O)CNC(=O)C(C)CN. The summed E-state index contributed by atoms with van der Waals surface area (Å²) in [6, 6.07) is 0. The van der Waals surface area contributed by atoms with Crippen LogP contribution in [-0.2, 0) is 9.53 Å². The van der Waals surface area contributed by atoms with Crippen LogP contribution in [0.4, 0.5) is 0 Å². The fourth-order valence-corrected chi connectivity index (χ4v) is 0.969. The zero-order chi connectivity index (χ0) is 11.9. The van der Waals surface area contributed by atoms with Crippen LogP contribution in [0.5, 0.6) is 0 Å². The van der Waals surface area contributed by atoms with Gasteiger partial charge in [0.2, 0.25) is 5.91 Å². The maximum absolute atomic E-state index is 11.4. The summed E-state index contributed by atoms with van der Waals surface area (Å²) in [5, 5.41) is 12.5. The third kappa shape index (κ3) is 6.43. The molecule has 90 valence electrons. The molecule has 1 amide bonds. The van der Waals surface area contributed by atoms with Gasteiger partial charge in [0.05, 0.1) is 5.60 Å². The van der Waals surface area contributed by atoms with Crippen molar-refractivity contribution in [2.75, 3.05) is 26.8 Å². The van der Waals surface area contributed by atoms with E-state index in [4.69, 9.17) is 10.5 Å². The fourth-order valence-electron chi connectivity index (χ4n) is 0.969. The predicted octanol–water partition coefficient (Wildman–Crippen LogP) is -0.515. The monoisotopic (exact) mass is 218 g/mol. The first-order valence-corrected chi connectivity index (χ1v) is 5.12. The molecular formula is C10H22N2O3. The summed E-state index contributed by atoms with van der Waals surface area (Å²) in [4.78, 5) is 11.4. The molecule has 0 heterocycles. The first kappa shape index (κ1) is 14.3. The van der Waals surface area contributed by atoms with Gasteiger partial charge in [-0.3, -0.25) is 4.79 Å². The van der Waals surface area contributed by atoms with Crippen LogP contribution in [0.3, 0.4) is 0 Å². The van der Waals surface area contributed by atoms with Crippen LogP contribution in [0, 0.1) is 5.92 Å². The van der Waals surface area contributed by atoms with Gasteiger partial charge in [-0.25, -0.2) is 0 Å². The molecule has 0 aromatic heterocycles. The van der Waals surface area contributed by atoms with Crippen molar-refractivity contribution in [2.24, 2.45) is 11.7 Å². The van der Waals surface area contributed by atoms with Gasteiger partial charge in [0.25, 0.3) is 0 Å². The van der Waals surface area contributed by atoms with Gasteiger partial charge in [-0.2, -0.15) is 0 Å². The average molecular weight is 218 g/mol. The molecule has 0 radical (unpaired) electrons. The first-order chi connectivity index (χ1) is 6.93. The molecule has 0 rings (SSSR count). The van der Waals surface area contributed by atoms with Crippen LogP contribution in [-0.4, -0.2) is 43.4 Å². The average Bonchev–Trinajstić information content (AvgIpc) is 2.22. The van der Waals surface area contributed by atoms with Gasteiger partial charge in [-0.15, -0.1) is 0 Å². The van der Waals surface area contributed by atoms with E-state index < -0.39 is 5.60 Å². The summed E-state index contributed by atoms with van der Waals surface area (Å²) in [5.41, 5.74) is 4.42. The number of aliphatic hydroxyl groups is 1. The highest BCUT2D eigenvalue weighted by atomic mass is 16.5. The Hall–Kier alpha value is -0.650. The Balaban J connectivity index is 3.86. The largest absolute Gasteiger partial charge is 0.388 e. The van der Waals surface area contributed by atoms with E-state index in [1.54, 1.807) is 21.0 Å². The highest BCUT2D eigenvalue weighted by molar-refractivity contribution is 5.78. The highest BCUT2D eigenvalue weighted by Crippen LogP contribution is 2.07. The topological polar surface area (TPSA) is 84.6 Å². The zero-order valence-corrected chi connectivity index (χ0v) is 9.75. The Kier molecular flexibility index (Phi) is 6.47. The van der Waals surface area contributed by atoms with Crippen LogP contribution in [0.2, 0.25) is 0 Å². The van der Waals surface area contributed by atoms with Crippen molar-refractivity contribution in [2.45, 2.75) is 25.9 Å². The highest BCUT2D eigenvalue weighted by Gasteiger charge is 2.21. The van der Waals surface area contributed by atoms with Gasteiger partial charge in [0.15, 0.2) is 0 Å². The van der Waals surface area contributed by atoms with Crippen LogP contribution < -0.4 is 11.1 Å². The Bertz CT molecular complexity index is 195. The van der Waals surface area contributed by atoms with Crippen molar-refractivity contribution in [1.29, 1.82) is 0 Å². The minimum absolute atomic E-state index is 0.129. The van der Waals surface area contributed by atoms with Gasteiger partial charge < -0.3 is 20.9 Å². The quantitative estimate of drug-likeness (QED) is 0.537. The Labute approximate surface area is 91.0 Å². The summed E-state index contributed by atoms with van der Waals surface area (Å²) >= 11 is 0. The molecule has 0 aliphatic carbocycles. The lowest BCUT2D eigenvalue weighted by molar-refractivity contribution is -0.125. The third-order valence-electron chi connectivity index (χ3n) is 2.29. The molecular weight excluding hydrogens is 196 g/mol. The van der Waals surface area contributed by atoms with E-state index in [2.05, 4.69) is 5.32 Å². The molecule has 0 aliphatic rings. The van der Waals surface area contributed by atoms with Crippen LogP contribution in [0.1, 0.15) is 20.3 Å². The molecule has 15 heavy (non-hydrogen) atoms. The van der Waals surface area contributed by atoms with Crippen molar-refractivity contribution in [3.8, 4) is 0 Å². The lowest BCUT2D eigenvalue weighted by Crippen LogP contribution is -2.44. The molecule has 0 bridgehead atoms. The van der Waals surface area contributed by atoms with E-state index >= 15 is 0 Å². The van der Waals surface area contributed by atoms with Crippen molar-refractivity contribution >= 4 is 5.91 Å². The van der Waals surface area contributed by atoms with E-state index in [0.717, 1.165) is 0 Å². The van der Waals surface area contributed by atoms with Crippen LogP contribution in [0.25, 0.3) is 0 Å². The van der Waals surface area contributed by atoms with Crippen molar-refractivity contribution in [1.82, 2.24) is 5.32 Å². The summed E-state index contributed by atoms with van der Waals surface area (Å²) < 4.78 is 4.86. The molecule has 0 aliphatic heterocycles. The molecule has 0 aromatic carbocycles. The molecule has 0 aromatic rings. The van der Waals surface area contributed by atoms with E-state index in [9.17, 15) is 9.90 Å². The Morgan fingerprint density at radius 3 is 2.73 bits per heavy atom. The van der Waals surface area contributed by atoms with Gasteiger partial charge in [0.1, 0.15) is 0 Å². The van der Waals surface area contributed by atoms with Gasteiger partial charge in [-0.1, -0.05) is 6.92 Å². The zero-order valence-electron chi connectivity index (χ0n) is 9.75. The normalized spacial score (nSPS) is 16.9. The van der Waals surface area contributed by atoms with Crippen molar-refractivity contribution in [3.05, 3.63) is 0 Å². The van der Waals surface area contributed by atoms with Gasteiger partial charge in [0, 0.05) is 39.1 Å². The maximum Gasteiger partial charge on any atom is 0.224 e. The lowest BCUT2D eigenvalue weighted by atomic mass is 10.0. The number of hydrogen-bond donors (Lipinski definition) is 3. The number of hydrogen-bond acceptors (Lipinski definition) is 4. The van der Waals surface area contributed by atoms with E-state index in [1.807, 2.05) is 0 Å². The Morgan fingerprint density at radius 1 is 1.67 bits per heavy atom. The Morgan fingerprint density at radius 2 is 2.27 bits per heavy atom. The smallest absolute Gasteiger partial charge is 0.224 e. The van der Waals surface area contributed by atoms with E-state index in [1.165, 1.54) is 0 Å². The molecule has 2 unspecified atom stereocenters. The first-order valence-electron chi connectivity index (χ1n) is 5.12. The third-order valence-corrected chi connectivity index (χ3v) is 2.29. The van der Waals surface area contributed by atoms with E-state index in [0.29, 0.717) is 19.6 Å². The maximum atomic E-state index is 11.4. The number of nitrogens with two attached hydrogens (primary N) is 1. The second kappa shape index (κ2) is 6.76. The molecule has 5 nitrogen and oxygen atoms in total. The molecule has 2 atom stereocenters.